The van der Waals surface area contributed by atoms with Crippen LogP contribution in [0.15, 0.2) is 229 Å². The van der Waals surface area contributed by atoms with E-state index < -0.39 is 8.07 Å². The van der Waals surface area contributed by atoms with Crippen molar-refractivity contribution in [2.45, 2.75) is 19.6 Å². The minimum absolute atomic E-state index is 0.804. The standard InChI is InChI=1S/C63H46N2O2Si/c1-68(2,3)45-35-32-43(33-36-45)64(42-20-8-5-9-21-42)58-40-54-51-26-17-31-60-62(51)55(39-53(54)47-23-10-11-24-48(47)58)50-37-34-44(38-61(50)66-60)65(56-28-14-12-22-46(56)41-18-6-4-7-19-41)57-29-16-27-52-49-25-13-15-30-59(49)67-63(52)57/h4-40H,1-3H3. The number of ether oxygens (including phenoxy) is 1. The molecule has 324 valence electrons. The Morgan fingerprint density at radius 1 is 0.353 bits per heavy atom. The van der Waals surface area contributed by atoms with Gasteiger partial charge in [0, 0.05) is 50.1 Å². The smallest absolute Gasteiger partial charge is 0.159 e. The number of anilines is 6. The lowest BCUT2D eigenvalue weighted by molar-refractivity contribution is 0.487. The molecule has 0 aliphatic carbocycles. The fourth-order valence-electron chi connectivity index (χ4n) is 10.5. The van der Waals surface area contributed by atoms with Gasteiger partial charge in [0.2, 0.25) is 0 Å². The molecule has 0 fully saturated rings. The molecule has 1 aromatic heterocycles. The van der Waals surface area contributed by atoms with Crippen LogP contribution in [0.25, 0.3) is 76.5 Å². The number of hydrogen-bond acceptors (Lipinski definition) is 4. The molecule has 11 aromatic carbocycles. The molecule has 13 rings (SSSR count). The van der Waals surface area contributed by atoms with Crippen molar-refractivity contribution in [1.82, 2.24) is 0 Å². The highest BCUT2D eigenvalue weighted by Crippen LogP contribution is 2.54. The van der Waals surface area contributed by atoms with E-state index in [1.54, 1.807) is 0 Å². The first-order chi connectivity index (χ1) is 33.4. The van der Waals surface area contributed by atoms with Crippen molar-refractivity contribution in [1.29, 1.82) is 0 Å². The highest BCUT2D eigenvalue weighted by Gasteiger charge is 2.28. The highest BCUT2D eigenvalue weighted by atomic mass is 28.3. The number of benzene rings is 11. The summed E-state index contributed by atoms with van der Waals surface area (Å²) in [6.07, 6.45) is 0. The summed E-state index contributed by atoms with van der Waals surface area (Å²) in [6, 6.07) is 80.9. The molecule has 0 N–H and O–H groups in total. The van der Waals surface area contributed by atoms with E-state index in [0.717, 1.165) is 101 Å². The molecule has 12 aromatic rings. The van der Waals surface area contributed by atoms with Gasteiger partial charge in [-0.15, -0.1) is 0 Å². The maximum absolute atomic E-state index is 7.10. The molecule has 0 radical (unpaired) electrons. The van der Waals surface area contributed by atoms with E-state index in [2.05, 4.69) is 242 Å². The monoisotopic (exact) mass is 890 g/mol. The van der Waals surface area contributed by atoms with Crippen molar-refractivity contribution in [3.05, 3.63) is 224 Å². The first-order valence-corrected chi connectivity index (χ1v) is 26.9. The first-order valence-electron chi connectivity index (χ1n) is 23.4. The van der Waals surface area contributed by atoms with Crippen LogP contribution < -0.4 is 19.7 Å². The maximum Gasteiger partial charge on any atom is 0.159 e. The summed E-state index contributed by atoms with van der Waals surface area (Å²) in [6.45, 7) is 7.22. The van der Waals surface area contributed by atoms with Crippen molar-refractivity contribution >= 4 is 102 Å². The van der Waals surface area contributed by atoms with Crippen molar-refractivity contribution in [2.75, 3.05) is 9.80 Å². The van der Waals surface area contributed by atoms with E-state index in [9.17, 15) is 0 Å². The van der Waals surface area contributed by atoms with Gasteiger partial charge in [-0.05, 0) is 105 Å². The normalized spacial score (nSPS) is 12.2. The van der Waals surface area contributed by atoms with Crippen LogP contribution in [-0.2, 0) is 0 Å². The summed E-state index contributed by atoms with van der Waals surface area (Å²) >= 11 is 0. The van der Waals surface area contributed by atoms with Crippen LogP contribution in [-0.4, -0.2) is 8.07 Å². The molecular formula is C63H46N2O2Si. The van der Waals surface area contributed by atoms with Crippen LogP contribution in [0.2, 0.25) is 19.6 Å². The van der Waals surface area contributed by atoms with Crippen molar-refractivity contribution < 1.29 is 9.15 Å². The van der Waals surface area contributed by atoms with Crippen molar-refractivity contribution in [2.24, 2.45) is 0 Å². The van der Waals surface area contributed by atoms with Gasteiger partial charge in [-0.2, -0.15) is 0 Å². The van der Waals surface area contributed by atoms with Gasteiger partial charge in [-0.1, -0.05) is 170 Å². The Balaban J connectivity index is 1.02. The average Bonchev–Trinajstić information content (AvgIpc) is 3.77. The van der Waals surface area contributed by atoms with Gasteiger partial charge in [0.25, 0.3) is 0 Å². The molecule has 0 saturated carbocycles. The van der Waals surface area contributed by atoms with E-state index in [4.69, 9.17) is 9.15 Å². The lowest BCUT2D eigenvalue weighted by Crippen LogP contribution is -2.37. The fraction of sp³-hybridized carbons (Fsp3) is 0.0476. The number of para-hydroxylation sites is 4. The number of rotatable bonds is 8. The quantitative estimate of drug-likeness (QED) is 0.112. The Hall–Kier alpha value is -8.38. The van der Waals surface area contributed by atoms with E-state index in [1.807, 2.05) is 12.1 Å². The molecule has 1 aliphatic heterocycles. The van der Waals surface area contributed by atoms with Crippen molar-refractivity contribution in [3.8, 4) is 33.8 Å². The Bertz CT molecular complexity index is 3930. The first kappa shape index (κ1) is 39.9. The maximum atomic E-state index is 7.10. The van der Waals surface area contributed by atoms with E-state index >= 15 is 0 Å². The second-order valence-electron chi connectivity index (χ2n) is 18.9. The minimum atomic E-state index is -1.50. The van der Waals surface area contributed by atoms with Crippen LogP contribution in [0.1, 0.15) is 0 Å². The Kier molecular flexibility index (Phi) is 9.17. The lowest BCUT2D eigenvalue weighted by Gasteiger charge is -2.30. The number of hydrogen-bond donors (Lipinski definition) is 0. The third kappa shape index (κ3) is 6.42. The van der Waals surface area contributed by atoms with Gasteiger partial charge >= 0.3 is 0 Å². The molecule has 4 nitrogen and oxygen atoms in total. The summed E-state index contributed by atoms with van der Waals surface area (Å²) in [5.74, 6) is 1.65. The molecule has 0 unspecified atom stereocenters. The van der Waals surface area contributed by atoms with Crippen LogP contribution in [0, 0.1) is 0 Å². The second-order valence-corrected chi connectivity index (χ2v) is 23.9. The molecule has 0 bridgehead atoms. The van der Waals surface area contributed by atoms with E-state index in [0.29, 0.717) is 0 Å². The molecule has 0 atom stereocenters. The van der Waals surface area contributed by atoms with Gasteiger partial charge in [0.05, 0.1) is 30.8 Å². The summed E-state index contributed by atoms with van der Waals surface area (Å²) in [4.78, 5) is 4.76. The van der Waals surface area contributed by atoms with Gasteiger partial charge in [0.1, 0.15) is 17.1 Å². The average molecular weight is 891 g/mol. The number of nitrogens with zero attached hydrogens (tertiary/aromatic N) is 2. The molecule has 5 heteroatoms. The zero-order valence-corrected chi connectivity index (χ0v) is 39.1. The summed E-state index contributed by atoms with van der Waals surface area (Å²) in [7, 11) is -1.50. The van der Waals surface area contributed by atoms with Gasteiger partial charge in [0.15, 0.2) is 5.58 Å². The Morgan fingerprint density at radius 3 is 1.78 bits per heavy atom. The van der Waals surface area contributed by atoms with Crippen LogP contribution >= 0.6 is 0 Å². The predicted octanol–water partition coefficient (Wildman–Crippen LogP) is 18.0. The predicted molar refractivity (Wildman–Crippen MR) is 290 cm³/mol. The Morgan fingerprint density at radius 2 is 0.971 bits per heavy atom. The number of fused-ring (bicyclic) bond motifs is 9. The van der Waals surface area contributed by atoms with E-state index in [-0.39, 0.29) is 0 Å². The van der Waals surface area contributed by atoms with Crippen LogP contribution in [0.3, 0.4) is 0 Å². The molecular weight excluding hydrogens is 845 g/mol. The number of furan rings is 1. The van der Waals surface area contributed by atoms with Gasteiger partial charge < -0.3 is 19.0 Å². The largest absolute Gasteiger partial charge is 0.456 e. The summed E-state index contributed by atoms with van der Waals surface area (Å²) in [5, 5.41) is 10.7. The zero-order valence-electron chi connectivity index (χ0n) is 38.1. The fourth-order valence-corrected chi connectivity index (χ4v) is 11.7. The molecule has 2 heterocycles. The lowest BCUT2D eigenvalue weighted by atomic mass is 9.88. The van der Waals surface area contributed by atoms with Gasteiger partial charge in [-0.25, -0.2) is 0 Å². The molecule has 0 saturated heterocycles. The van der Waals surface area contributed by atoms with Crippen LogP contribution in [0.5, 0.6) is 11.5 Å². The molecule has 68 heavy (non-hydrogen) atoms. The van der Waals surface area contributed by atoms with Crippen molar-refractivity contribution in [3.63, 3.8) is 0 Å². The second kappa shape index (κ2) is 15.6. The zero-order chi connectivity index (χ0) is 45.5. The van der Waals surface area contributed by atoms with E-state index in [1.165, 1.54) is 26.7 Å². The molecule has 0 spiro atoms. The highest BCUT2D eigenvalue weighted by molar-refractivity contribution is 6.88. The SMILES string of the molecule is C[Si](C)(C)c1ccc(N(c2ccccc2)c2cc3c4cccc5c4c(cc3c3ccccc23)-c2ccc(N(c3ccccc3-c3ccccc3)c3cccc4c3oc3ccccc34)cc2O5)cc1. The third-order valence-corrected chi connectivity index (χ3v) is 15.8. The summed E-state index contributed by atoms with van der Waals surface area (Å²) < 4.78 is 13.8. The molecule has 1 aliphatic rings. The van der Waals surface area contributed by atoms with Crippen LogP contribution in [0.4, 0.5) is 34.1 Å². The third-order valence-electron chi connectivity index (χ3n) is 13.8. The van der Waals surface area contributed by atoms with Gasteiger partial charge in [-0.3, -0.25) is 0 Å². The summed E-state index contributed by atoms with van der Waals surface area (Å²) in [5.41, 5.74) is 12.5. The minimum Gasteiger partial charge on any atom is -0.456 e. The topological polar surface area (TPSA) is 28.9 Å². The Labute approximate surface area is 396 Å². The molecule has 0 amide bonds.